The number of rotatable bonds is 7. The van der Waals surface area contributed by atoms with Gasteiger partial charge in [0.25, 0.3) is 5.91 Å². The Kier molecular flexibility index (Phi) is 5.90. The fourth-order valence-electron chi connectivity index (χ4n) is 3.15. The molecule has 1 heterocycles. The number of hydrogen-bond acceptors (Lipinski definition) is 4. The predicted molar refractivity (Wildman–Crippen MR) is 97.1 cm³/mol. The van der Waals surface area contributed by atoms with Gasteiger partial charge in [-0.2, -0.15) is 0 Å². The number of hydrogen-bond donors (Lipinski definition) is 3. The number of carboxylic acid groups (broad SMARTS) is 1. The largest absolute Gasteiger partial charge is 0.475 e. The van der Waals surface area contributed by atoms with Gasteiger partial charge in [0.1, 0.15) is 5.76 Å². The highest BCUT2D eigenvalue weighted by Gasteiger charge is 2.22. The van der Waals surface area contributed by atoms with Crippen LogP contribution in [-0.2, 0) is 17.9 Å². The number of nitrogens with one attached hydrogen (secondary N) is 2. The van der Waals surface area contributed by atoms with E-state index in [4.69, 9.17) is 9.52 Å². The van der Waals surface area contributed by atoms with Crippen molar-refractivity contribution in [2.24, 2.45) is 5.92 Å². The molecule has 1 aliphatic rings. The molecular weight excluding hydrogens is 348 g/mol. The van der Waals surface area contributed by atoms with Crippen molar-refractivity contribution in [2.75, 3.05) is 0 Å². The third-order valence-electron chi connectivity index (χ3n) is 4.70. The molecule has 2 aromatic rings. The van der Waals surface area contributed by atoms with Crippen molar-refractivity contribution in [3.05, 3.63) is 59.0 Å². The maximum atomic E-state index is 12.2. The van der Waals surface area contributed by atoms with Crippen molar-refractivity contribution < 1.29 is 23.9 Å². The quantitative estimate of drug-likeness (QED) is 0.694. The Hall–Kier alpha value is -3.09. The van der Waals surface area contributed by atoms with E-state index in [0.29, 0.717) is 17.9 Å². The van der Waals surface area contributed by atoms with Crippen LogP contribution in [0.2, 0.25) is 0 Å². The molecule has 142 valence electrons. The summed E-state index contributed by atoms with van der Waals surface area (Å²) in [6.45, 7) is 0.549. The minimum atomic E-state index is -1.15. The molecule has 1 saturated carbocycles. The molecular formula is C20H22N2O5. The van der Waals surface area contributed by atoms with E-state index in [-0.39, 0.29) is 30.0 Å². The van der Waals surface area contributed by atoms with Gasteiger partial charge in [0, 0.05) is 18.0 Å². The van der Waals surface area contributed by atoms with Crippen LogP contribution in [0.4, 0.5) is 0 Å². The Morgan fingerprint density at radius 1 is 0.963 bits per heavy atom. The minimum Gasteiger partial charge on any atom is -0.475 e. The number of carbonyl (C=O) groups excluding carboxylic acids is 2. The fourth-order valence-corrected chi connectivity index (χ4v) is 3.15. The molecule has 27 heavy (non-hydrogen) atoms. The number of aromatic carboxylic acids is 1. The first-order chi connectivity index (χ1) is 13.0. The van der Waals surface area contributed by atoms with Gasteiger partial charge in [0.15, 0.2) is 0 Å². The molecule has 1 fully saturated rings. The van der Waals surface area contributed by atoms with Gasteiger partial charge in [-0.15, -0.1) is 0 Å². The number of benzene rings is 1. The highest BCUT2D eigenvalue weighted by atomic mass is 16.4. The summed E-state index contributed by atoms with van der Waals surface area (Å²) in [4.78, 5) is 35.0. The van der Waals surface area contributed by atoms with Gasteiger partial charge in [-0.25, -0.2) is 4.79 Å². The average Bonchev–Trinajstić information content (AvgIpc) is 3.36. The van der Waals surface area contributed by atoms with E-state index in [1.807, 2.05) is 0 Å². The van der Waals surface area contributed by atoms with Gasteiger partial charge >= 0.3 is 5.97 Å². The first kappa shape index (κ1) is 18.7. The van der Waals surface area contributed by atoms with E-state index in [9.17, 15) is 14.4 Å². The van der Waals surface area contributed by atoms with Gasteiger partial charge in [-0.1, -0.05) is 25.0 Å². The molecule has 0 spiro atoms. The lowest BCUT2D eigenvalue weighted by Crippen LogP contribution is -2.28. The van der Waals surface area contributed by atoms with Gasteiger partial charge in [0.05, 0.1) is 6.54 Å². The summed E-state index contributed by atoms with van der Waals surface area (Å²) in [5, 5.41) is 14.4. The summed E-state index contributed by atoms with van der Waals surface area (Å²) in [6, 6.07) is 9.85. The smallest absolute Gasteiger partial charge is 0.371 e. The molecule has 1 aromatic heterocycles. The maximum Gasteiger partial charge on any atom is 0.371 e. The Bertz CT molecular complexity index is 819. The molecule has 0 aliphatic heterocycles. The van der Waals surface area contributed by atoms with E-state index in [0.717, 1.165) is 31.2 Å². The van der Waals surface area contributed by atoms with Crippen molar-refractivity contribution in [2.45, 2.75) is 38.8 Å². The highest BCUT2D eigenvalue weighted by molar-refractivity contribution is 5.94. The van der Waals surface area contributed by atoms with Crippen molar-refractivity contribution in [3.8, 4) is 0 Å². The monoisotopic (exact) mass is 370 g/mol. The zero-order chi connectivity index (χ0) is 19.2. The van der Waals surface area contributed by atoms with Crippen LogP contribution in [0.1, 0.15) is 57.9 Å². The molecule has 3 N–H and O–H groups in total. The molecule has 7 nitrogen and oxygen atoms in total. The summed E-state index contributed by atoms with van der Waals surface area (Å²) < 4.78 is 5.09. The van der Waals surface area contributed by atoms with Gasteiger partial charge in [-0.05, 0) is 42.7 Å². The van der Waals surface area contributed by atoms with Crippen molar-refractivity contribution in [1.29, 1.82) is 0 Å². The van der Waals surface area contributed by atoms with Crippen molar-refractivity contribution in [1.82, 2.24) is 10.6 Å². The van der Waals surface area contributed by atoms with Crippen LogP contribution in [0.3, 0.4) is 0 Å². The number of carbonyl (C=O) groups is 3. The van der Waals surface area contributed by atoms with Crippen LogP contribution in [0.5, 0.6) is 0 Å². The van der Waals surface area contributed by atoms with Crippen molar-refractivity contribution >= 4 is 17.8 Å². The van der Waals surface area contributed by atoms with Crippen LogP contribution in [-0.4, -0.2) is 22.9 Å². The second-order valence-corrected chi connectivity index (χ2v) is 6.65. The number of carboxylic acids is 1. The molecule has 0 atom stereocenters. The van der Waals surface area contributed by atoms with Crippen molar-refractivity contribution in [3.63, 3.8) is 0 Å². The van der Waals surface area contributed by atoms with E-state index in [2.05, 4.69) is 10.6 Å². The van der Waals surface area contributed by atoms with Crippen LogP contribution >= 0.6 is 0 Å². The first-order valence-corrected chi connectivity index (χ1v) is 9.00. The lowest BCUT2D eigenvalue weighted by atomic mass is 10.1. The third-order valence-corrected chi connectivity index (χ3v) is 4.70. The average molecular weight is 370 g/mol. The zero-order valence-corrected chi connectivity index (χ0v) is 14.9. The molecule has 1 aliphatic carbocycles. The summed E-state index contributed by atoms with van der Waals surface area (Å²) in [5.41, 5.74) is 1.40. The maximum absolute atomic E-state index is 12.2. The summed E-state index contributed by atoms with van der Waals surface area (Å²) >= 11 is 0. The standard InChI is InChI=1S/C20H22N2O5/c23-18(14-3-1-2-4-14)21-11-13-5-7-15(8-6-13)19(24)22-12-16-9-10-17(27-16)20(25)26/h5-10,14H,1-4,11-12H2,(H,21,23)(H,22,24)(H,25,26). The Morgan fingerprint density at radius 3 is 2.30 bits per heavy atom. The van der Waals surface area contributed by atoms with Gasteiger partial charge in [-0.3, -0.25) is 9.59 Å². The molecule has 1 aromatic carbocycles. The second kappa shape index (κ2) is 8.53. The summed E-state index contributed by atoms with van der Waals surface area (Å²) in [6.07, 6.45) is 4.18. The Morgan fingerprint density at radius 2 is 1.67 bits per heavy atom. The topological polar surface area (TPSA) is 109 Å². The summed E-state index contributed by atoms with van der Waals surface area (Å²) in [5.74, 6) is -0.991. The minimum absolute atomic E-state index is 0.102. The molecule has 0 bridgehead atoms. The van der Waals surface area contributed by atoms with Crippen LogP contribution in [0, 0.1) is 5.92 Å². The third kappa shape index (κ3) is 4.97. The van der Waals surface area contributed by atoms with Gasteiger partial charge in [0.2, 0.25) is 11.7 Å². The fraction of sp³-hybridized carbons (Fsp3) is 0.350. The van der Waals surface area contributed by atoms with Crippen LogP contribution in [0.15, 0.2) is 40.8 Å². The molecule has 3 rings (SSSR count). The Labute approximate surface area is 156 Å². The lowest BCUT2D eigenvalue weighted by Gasteiger charge is -2.10. The molecule has 0 unspecified atom stereocenters. The first-order valence-electron chi connectivity index (χ1n) is 9.00. The molecule has 2 amide bonds. The predicted octanol–water partition coefficient (Wildman–Crippen LogP) is 2.71. The lowest BCUT2D eigenvalue weighted by molar-refractivity contribution is -0.124. The number of furan rings is 1. The van der Waals surface area contributed by atoms with E-state index in [1.165, 1.54) is 12.1 Å². The number of amides is 2. The second-order valence-electron chi connectivity index (χ2n) is 6.65. The molecule has 0 radical (unpaired) electrons. The van der Waals surface area contributed by atoms with Crippen LogP contribution < -0.4 is 10.6 Å². The highest BCUT2D eigenvalue weighted by Crippen LogP contribution is 2.24. The van der Waals surface area contributed by atoms with E-state index >= 15 is 0 Å². The Balaban J connectivity index is 1.47. The van der Waals surface area contributed by atoms with Crippen LogP contribution in [0.25, 0.3) is 0 Å². The zero-order valence-electron chi connectivity index (χ0n) is 14.9. The van der Waals surface area contributed by atoms with E-state index in [1.54, 1.807) is 24.3 Å². The normalized spacial score (nSPS) is 14.1. The summed E-state index contributed by atoms with van der Waals surface area (Å²) in [7, 11) is 0. The molecule has 0 saturated heterocycles. The van der Waals surface area contributed by atoms with Gasteiger partial charge < -0.3 is 20.2 Å². The SMILES string of the molecule is O=C(NCc1ccc(C(=O)O)o1)c1ccc(CNC(=O)C2CCCC2)cc1. The van der Waals surface area contributed by atoms with E-state index < -0.39 is 5.97 Å². The molecule has 7 heteroatoms.